The van der Waals surface area contributed by atoms with E-state index < -0.39 is 10.8 Å². The molecule has 0 spiro atoms. The number of hydrogen-bond acceptors (Lipinski definition) is 3. The summed E-state index contributed by atoms with van der Waals surface area (Å²) >= 11 is 0. The maximum Gasteiger partial charge on any atom is 0.251 e. The zero-order valence-corrected chi connectivity index (χ0v) is 16.5. The Morgan fingerprint density at radius 2 is 1.59 bits per heavy atom. The molecule has 6 heteroatoms. The molecule has 146 valence electrons. The molecule has 0 saturated heterocycles. The van der Waals surface area contributed by atoms with Gasteiger partial charge in [0.2, 0.25) is 5.91 Å². The van der Waals surface area contributed by atoms with E-state index in [1.165, 1.54) is 0 Å². The second-order valence-electron chi connectivity index (χ2n) is 6.81. The Bertz CT molecular complexity index is 1070. The minimum absolute atomic E-state index is 0.0423. The summed E-state index contributed by atoms with van der Waals surface area (Å²) in [6.45, 7) is 0.786. The zero-order valence-electron chi connectivity index (χ0n) is 15.7. The highest BCUT2D eigenvalue weighted by atomic mass is 32.2. The van der Waals surface area contributed by atoms with Crippen molar-refractivity contribution in [2.24, 2.45) is 0 Å². The van der Waals surface area contributed by atoms with E-state index in [0.717, 1.165) is 11.1 Å². The molecule has 3 aromatic carbocycles. The van der Waals surface area contributed by atoms with Gasteiger partial charge in [-0.25, -0.2) is 0 Å². The Morgan fingerprint density at radius 1 is 0.931 bits per heavy atom. The molecule has 0 radical (unpaired) electrons. The number of hydrogen-bond donors (Lipinski definition) is 1. The Morgan fingerprint density at radius 3 is 2.28 bits per heavy atom. The Hall–Kier alpha value is -3.25. The number of anilines is 1. The van der Waals surface area contributed by atoms with Gasteiger partial charge in [0.15, 0.2) is 0 Å². The quantitative estimate of drug-likeness (QED) is 0.710. The topological polar surface area (TPSA) is 66.5 Å². The molecule has 0 saturated carbocycles. The largest absolute Gasteiger partial charge is 0.348 e. The molecule has 1 aliphatic rings. The number of carbonyl (C=O) groups is 2. The monoisotopic (exact) mass is 404 g/mol. The first-order chi connectivity index (χ1) is 14.1. The molecule has 3 aromatic rings. The summed E-state index contributed by atoms with van der Waals surface area (Å²) in [5.41, 5.74) is 2.94. The van der Waals surface area contributed by atoms with E-state index in [9.17, 15) is 13.8 Å². The normalized spacial score (nSPS) is 15.7. The standard InChI is InChI=1S/C23H20N2O3S/c26-22-16-29(28)21-12-11-19(23(27)24-14-17-7-3-1-4-8-17)13-20(21)25(22)15-18-9-5-2-6-10-18/h1-13H,14-16H2,(H,24,27)/t29-/m0/s1. The molecule has 29 heavy (non-hydrogen) atoms. The second-order valence-corrected chi connectivity index (χ2v) is 8.23. The molecule has 1 aliphatic heterocycles. The van der Waals surface area contributed by atoms with Crippen LogP contribution in [0.2, 0.25) is 0 Å². The van der Waals surface area contributed by atoms with Crippen molar-refractivity contribution in [2.45, 2.75) is 18.0 Å². The average Bonchev–Trinajstić information content (AvgIpc) is 2.76. The minimum atomic E-state index is -1.40. The Labute approximate surface area is 171 Å². The van der Waals surface area contributed by atoms with E-state index in [0.29, 0.717) is 29.2 Å². The van der Waals surface area contributed by atoms with Crippen LogP contribution in [0, 0.1) is 0 Å². The minimum Gasteiger partial charge on any atom is -0.348 e. The number of rotatable bonds is 5. The van der Waals surface area contributed by atoms with Gasteiger partial charge in [-0.15, -0.1) is 0 Å². The van der Waals surface area contributed by atoms with Crippen molar-refractivity contribution < 1.29 is 13.8 Å². The van der Waals surface area contributed by atoms with Gasteiger partial charge in [-0.3, -0.25) is 13.8 Å². The first-order valence-electron chi connectivity index (χ1n) is 9.30. The van der Waals surface area contributed by atoms with Crippen LogP contribution in [0.1, 0.15) is 21.5 Å². The summed E-state index contributed by atoms with van der Waals surface area (Å²) in [7, 11) is -1.40. The van der Waals surface area contributed by atoms with E-state index in [4.69, 9.17) is 0 Å². The predicted octanol–water partition coefficient (Wildman–Crippen LogP) is 3.27. The number of benzene rings is 3. The van der Waals surface area contributed by atoms with Crippen LogP contribution in [-0.4, -0.2) is 21.8 Å². The van der Waals surface area contributed by atoms with E-state index in [2.05, 4.69) is 5.32 Å². The van der Waals surface area contributed by atoms with E-state index in [1.54, 1.807) is 23.1 Å². The lowest BCUT2D eigenvalue weighted by Crippen LogP contribution is -2.38. The molecule has 1 heterocycles. The van der Waals surface area contributed by atoms with Gasteiger partial charge in [0.05, 0.1) is 27.9 Å². The van der Waals surface area contributed by atoms with Crippen molar-refractivity contribution in [2.75, 3.05) is 10.7 Å². The van der Waals surface area contributed by atoms with Crippen LogP contribution < -0.4 is 10.2 Å². The number of fused-ring (bicyclic) bond motifs is 1. The van der Waals surface area contributed by atoms with Crippen LogP contribution in [-0.2, 0) is 28.7 Å². The molecule has 0 fully saturated rings. The molecule has 0 aromatic heterocycles. The van der Waals surface area contributed by atoms with Crippen LogP contribution in [0.15, 0.2) is 83.8 Å². The van der Waals surface area contributed by atoms with Crippen molar-refractivity contribution in [3.63, 3.8) is 0 Å². The lowest BCUT2D eigenvalue weighted by molar-refractivity contribution is -0.116. The van der Waals surface area contributed by atoms with Gasteiger partial charge in [0.25, 0.3) is 5.91 Å². The number of amides is 2. The molecule has 0 aliphatic carbocycles. The first kappa shape index (κ1) is 19.1. The van der Waals surface area contributed by atoms with Crippen LogP contribution in [0.4, 0.5) is 5.69 Å². The molecular formula is C23H20N2O3S. The van der Waals surface area contributed by atoms with Gasteiger partial charge in [-0.1, -0.05) is 60.7 Å². The molecular weight excluding hydrogens is 384 g/mol. The van der Waals surface area contributed by atoms with Crippen molar-refractivity contribution in [3.05, 3.63) is 95.6 Å². The van der Waals surface area contributed by atoms with E-state index in [1.807, 2.05) is 60.7 Å². The van der Waals surface area contributed by atoms with Crippen molar-refractivity contribution in [1.29, 1.82) is 0 Å². The second kappa shape index (κ2) is 8.41. The lowest BCUT2D eigenvalue weighted by atomic mass is 10.1. The highest BCUT2D eigenvalue weighted by molar-refractivity contribution is 7.86. The Balaban J connectivity index is 1.59. The molecule has 4 rings (SSSR count). The Kier molecular flexibility index (Phi) is 5.53. The number of nitrogens with one attached hydrogen (secondary N) is 1. The summed E-state index contributed by atoms with van der Waals surface area (Å²) in [5.74, 6) is -0.485. The average molecular weight is 404 g/mol. The van der Waals surface area contributed by atoms with E-state index >= 15 is 0 Å². The van der Waals surface area contributed by atoms with Crippen molar-refractivity contribution in [3.8, 4) is 0 Å². The predicted molar refractivity (Wildman–Crippen MR) is 113 cm³/mol. The smallest absolute Gasteiger partial charge is 0.251 e. The summed E-state index contributed by atoms with van der Waals surface area (Å²) in [6, 6.07) is 24.3. The van der Waals surface area contributed by atoms with Gasteiger partial charge < -0.3 is 10.2 Å². The maximum absolute atomic E-state index is 12.6. The number of carbonyl (C=O) groups excluding carboxylic acids is 2. The molecule has 0 unspecified atom stereocenters. The summed E-state index contributed by atoms with van der Waals surface area (Å²) in [6.07, 6.45) is 0. The van der Waals surface area contributed by atoms with E-state index in [-0.39, 0.29) is 17.6 Å². The fraction of sp³-hybridized carbons (Fsp3) is 0.130. The molecule has 1 N–H and O–H groups in total. The number of nitrogens with zero attached hydrogens (tertiary/aromatic N) is 1. The zero-order chi connectivity index (χ0) is 20.2. The van der Waals surface area contributed by atoms with Crippen LogP contribution in [0.5, 0.6) is 0 Å². The molecule has 2 amide bonds. The highest BCUT2D eigenvalue weighted by Crippen LogP contribution is 2.31. The third kappa shape index (κ3) is 4.27. The third-order valence-electron chi connectivity index (χ3n) is 4.79. The van der Waals surface area contributed by atoms with Crippen LogP contribution in [0.3, 0.4) is 0 Å². The van der Waals surface area contributed by atoms with Gasteiger partial charge in [-0.05, 0) is 29.3 Å². The van der Waals surface area contributed by atoms with Gasteiger partial charge in [0, 0.05) is 12.1 Å². The van der Waals surface area contributed by atoms with Gasteiger partial charge in [-0.2, -0.15) is 0 Å². The maximum atomic E-state index is 12.6. The summed E-state index contributed by atoms with van der Waals surface area (Å²) in [4.78, 5) is 27.4. The molecule has 0 bridgehead atoms. The van der Waals surface area contributed by atoms with Gasteiger partial charge >= 0.3 is 0 Å². The summed E-state index contributed by atoms with van der Waals surface area (Å²) in [5, 5.41) is 2.89. The lowest BCUT2D eigenvalue weighted by Gasteiger charge is -2.29. The first-order valence-corrected chi connectivity index (χ1v) is 10.6. The highest BCUT2D eigenvalue weighted by Gasteiger charge is 2.30. The molecule has 1 atom stereocenters. The molecule has 5 nitrogen and oxygen atoms in total. The fourth-order valence-electron chi connectivity index (χ4n) is 3.28. The van der Waals surface area contributed by atoms with Gasteiger partial charge in [0.1, 0.15) is 5.75 Å². The van der Waals surface area contributed by atoms with Crippen LogP contribution >= 0.6 is 0 Å². The van der Waals surface area contributed by atoms with Crippen molar-refractivity contribution >= 4 is 28.3 Å². The summed E-state index contributed by atoms with van der Waals surface area (Å²) < 4.78 is 12.4. The SMILES string of the molecule is O=C(NCc1ccccc1)c1ccc2c(c1)N(Cc1ccccc1)C(=O)C[S@@]2=O. The van der Waals surface area contributed by atoms with Crippen molar-refractivity contribution in [1.82, 2.24) is 5.32 Å². The fourth-order valence-corrected chi connectivity index (χ4v) is 4.44. The van der Waals surface area contributed by atoms with Crippen LogP contribution in [0.25, 0.3) is 0 Å². The third-order valence-corrected chi connectivity index (χ3v) is 6.14.